The van der Waals surface area contributed by atoms with Gasteiger partial charge < -0.3 is 5.11 Å². The number of Topliss-reactive ketones (excluding diaryl/α,β-unsaturated/α-hetero) is 1. The smallest absolute Gasteiger partial charge is 0.275 e. The maximum absolute atomic E-state index is 12.2. The fourth-order valence-electron chi connectivity index (χ4n) is 1.97. The van der Waals surface area contributed by atoms with E-state index in [1.165, 1.54) is 18.2 Å². The summed E-state index contributed by atoms with van der Waals surface area (Å²) in [5.41, 5.74) is 0.0828. The zero-order valence-electron chi connectivity index (χ0n) is 11.1. The number of hydrogen-bond acceptors (Lipinski definition) is 4. The largest absolute Gasteiger partial charge is 0.383 e. The molecule has 21 heavy (non-hydrogen) atoms. The molecule has 0 spiro atoms. The monoisotopic (exact) mass is 283 g/mol. The average molecular weight is 283 g/mol. The van der Waals surface area contributed by atoms with Crippen molar-refractivity contribution >= 4 is 11.5 Å². The molecule has 0 aliphatic heterocycles. The first kappa shape index (κ1) is 14.6. The second-order valence-electron chi connectivity index (χ2n) is 4.44. The fourth-order valence-corrected chi connectivity index (χ4v) is 1.97. The molecule has 0 aliphatic carbocycles. The molecule has 0 heterocycles. The van der Waals surface area contributed by atoms with Crippen LogP contribution in [0.25, 0.3) is 0 Å². The van der Waals surface area contributed by atoms with E-state index in [9.17, 15) is 20.0 Å². The molecule has 5 nitrogen and oxygen atoms in total. The van der Waals surface area contributed by atoms with Crippen molar-refractivity contribution in [3.8, 4) is 0 Å². The highest BCUT2D eigenvalue weighted by atomic mass is 16.6. The number of carbonyl (C=O) groups is 1. The van der Waals surface area contributed by atoms with Crippen LogP contribution in [0.4, 0.5) is 5.69 Å². The van der Waals surface area contributed by atoms with E-state index < -0.39 is 16.8 Å². The third-order valence-corrected chi connectivity index (χ3v) is 3.09. The lowest BCUT2D eigenvalue weighted by Gasteiger charge is -2.13. The zero-order valence-corrected chi connectivity index (χ0v) is 11.1. The first-order valence-corrected chi connectivity index (χ1v) is 6.22. The fraction of sp³-hybridized carbons (Fsp3) is 0.0625. The highest BCUT2D eigenvalue weighted by molar-refractivity contribution is 6.09. The average Bonchev–Trinajstić information content (AvgIpc) is 2.53. The van der Waals surface area contributed by atoms with Gasteiger partial charge in [-0.3, -0.25) is 14.9 Å². The lowest BCUT2D eigenvalue weighted by atomic mass is 9.95. The standard InChI is InChI=1S/C16H13NO4/c1-11(15(18)12-7-3-2-4-8-12)16(19)13-9-5-6-10-14(13)17(20)21/h2-10,16,19H,1H2. The number of hydrogen-bond donors (Lipinski definition) is 1. The van der Waals surface area contributed by atoms with E-state index >= 15 is 0 Å². The Morgan fingerprint density at radius 1 is 1.10 bits per heavy atom. The summed E-state index contributed by atoms with van der Waals surface area (Å²) in [6.07, 6.45) is -1.42. The van der Waals surface area contributed by atoms with Crippen molar-refractivity contribution < 1.29 is 14.8 Å². The van der Waals surface area contributed by atoms with Gasteiger partial charge in [-0.15, -0.1) is 0 Å². The van der Waals surface area contributed by atoms with Crippen LogP contribution < -0.4 is 0 Å². The molecule has 0 bridgehead atoms. The summed E-state index contributed by atoms with van der Waals surface area (Å²) >= 11 is 0. The Hall–Kier alpha value is -2.79. The quantitative estimate of drug-likeness (QED) is 0.396. The summed E-state index contributed by atoms with van der Waals surface area (Å²) in [7, 11) is 0. The topological polar surface area (TPSA) is 80.4 Å². The second kappa shape index (κ2) is 6.11. The third kappa shape index (κ3) is 3.04. The van der Waals surface area contributed by atoms with Gasteiger partial charge in [0.2, 0.25) is 0 Å². The molecule has 5 heteroatoms. The highest BCUT2D eigenvalue weighted by Gasteiger charge is 2.25. The van der Waals surface area contributed by atoms with Crippen molar-refractivity contribution in [2.75, 3.05) is 0 Å². The molecule has 0 saturated carbocycles. The van der Waals surface area contributed by atoms with Gasteiger partial charge in [0.25, 0.3) is 5.69 Å². The molecule has 2 aromatic rings. The van der Waals surface area contributed by atoms with Crippen LogP contribution in [0.5, 0.6) is 0 Å². The molecule has 0 aromatic heterocycles. The molecule has 2 rings (SSSR count). The molecule has 0 radical (unpaired) electrons. The zero-order chi connectivity index (χ0) is 15.4. The van der Waals surface area contributed by atoms with Crippen LogP contribution in [-0.2, 0) is 0 Å². The van der Waals surface area contributed by atoms with Crippen LogP contribution in [0.2, 0.25) is 0 Å². The maximum Gasteiger partial charge on any atom is 0.275 e. The number of rotatable bonds is 5. The Morgan fingerprint density at radius 2 is 1.67 bits per heavy atom. The summed E-state index contributed by atoms with van der Waals surface area (Å²) in [4.78, 5) is 22.6. The van der Waals surface area contributed by atoms with E-state index in [-0.39, 0.29) is 16.8 Å². The Kier molecular flexibility index (Phi) is 4.25. The van der Waals surface area contributed by atoms with Crippen molar-refractivity contribution in [3.05, 3.63) is 88.0 Å². The Bertz CT molecular complexity index is 694. The normalized spacial score (nSPS) is 11.7. The van der Waals surface area contributed by atoms with Crippen LogP contribution in [0.15, 0.2) is 66.7 Å². The van der Waals surface area contributed by atoms with E-state index in [1.807, 2.05) is 0 Å². The first-order valence-electron chi connectivity index (χ1n) is 6.22. The molecular weight excluding hydrogens is 270 g/mol. The molecular formula is C16H13NO4. The summed E-state index contributed by atoms with van der Waals surface area (Å²) in [6.45, 7) is 3.59. The number of aliphatic hydroxyl groups is 1. The summed E-state index contributed by atoms with van der Waals surface area (Å²) < 4.78 is 0. The van der Waals surface area contributed by atoms with E-state index in [0.29, 0.717) is 5.56 Å². The SMILES string of the molecule is C=C(C(=O)c1ccccc1)C(O)c1ccccc1[N+](=O)[O-]. The van der Waals surface area contributed by atoms with Gasteiger partial charge in [0.1, 0.15) is 6.10 Å². The van der Waals surface area contributed by atoms with E-state index in [0.717, 1.165) is 0 Å². The predicted molar refractivity (Wildman–Crippen MR) is 78.0 cm³/mol. The van der Waals surface area contributed by atoms with Crippen LogP contribution in [-0.4, -0.2) is 15.8 Å². The molecule has 0 saturated heterocycles. The first-order chi connectivity index (χ1) is 10.0. The van der Waals surface area contributed by atoms with Gasteiger partial charge in [0.15, 0.2) is 5.78 Å². The second-order valence-corrected chi connectivity index (χ2v) is 4.44. The minimum atomic E-state index is -1.42. The van der Waals surface area contributed by atoms with Gasteiger partial charge in [-0.2, -0.15) is 0 Å². The number of nitrogens with zero attached hydrogens (tertiary/aromatic N) is 1. The van der Waals surface area contributed by atoms with Gasteiger partial charge in [-0.05, 0) is 6.07 Å². The highest BCUT2D eigenvalue weighted by Crippen LogP contribution is 2.30. The maximum atomic E-state index is 12.2. The van der Waals surface area contributed by atoms with E-state index in [4.69, 9.17) is 0 Å². The van der Waals surface area contributed by atoms with Crippen molar-refractivity contribution in [2.45, 2.75) is 6.10 Å². The molecule has 1 N–H and O–H groups in total. The van der Waals surface area contributed by atoms with Crippen LogP contribution in [0.3, 0.4) is 0 Å². The van der Waals surface area contributed by atoms with Crippen LogP contribution in [0.1, 0.15) is 22.0 Å². The number of nitro benzene ring substituents is 1. The molecule has 0 fully saturated rings. The molecule has 0 aliphatic rings. The molecule has 0 amide bonds. The van der Waals surface area contributed by atoms with Gasteiger partial charge in [0, 0.05) is 17.2 Å². The summed E-state index contributed by atoms with van der Waals surface area (Å²) in [5, 5.41) is 21.2. The Balaban J connectivity index is 2.32. The van der Waals surface area contributed by atoms with Crippen molar-refractivity contribution in [3.63, 3.8) is 0 Å². The van der Waals surface area contributed by atoms with Crippen LogP contribution in [0, 0.1) is 10.1 Å². The van der Waals surface area contributed by atoms with Gasteiger partial charge in [-0.25, -0.2) is 0 Å². The van der Waals surface area contributed by atoms with E-state index in [1.54, 1.807) is 36.4 Å². The van der Waals surface area contributed by atoms with Gasteiger partial charge in [-0.1, -0.05) is 49.0 Å². The lowest BCUT2D eigenvalue weighted by molar-refractivity contribution is -0.386. The number of nitro groups is 1. The van der Waals surface area contributed by atoms with Gasteiger partial charge >= 0.3 is 0 Å². The molecule has 2 aromatic carbocycles. The number of carbonyl (C=O) groups excluding carboxylic acids is 1. The molecule has 1 unspecified atom stereocenters. The Morgan fingerprint density at radius 3 is 2.29 bits per heavy atom. The predicted octanol–water partition coefficient (Wildman–Crippen LogP) is 3.07. The summed E-state index contributed by atoms with van der Waals surface area (Å²) in [6, 6.07) is 14.1. The number of benzene rings is 2. The van der Waals surface area contributed by atoms with Crippen molar-refractivity contribution in [1.29, 1.82) is 0 Å². The van der Waals surface area contributed by atoms with Crippen molar-refractivity contribution in [1.82, 2.24) is 0 Å². The van der Waals surface area contributed by atoms with Gasteiger partial charge in [0.05, 0.1) is 10.5 Å². The Labute approximate surface area is 121 Å². The van der Waals surface area contributed by atoms with E-state index in [2.05, 4.69) is 6.58 Å². The van der Waals surface area contributed by atoms with Crippen LogP contribution >= 0.6 is 0 Å². The molecule has 106 valence electrons. The van der Waals surface area contributed by atoms with Crippen molar-refractivity contribution in [2.24, 2.45) is 0 Å². The molecule has 1 atom stereocenters. The number of aliphatic hydroxyl groups excluding tert-OH is 1. The lowest BCUT2D eigenvalue weighted by Crippen LogP contribution is -2.12. The third-order valence-electron chi connectivity index (χ3n) is 3.09. The minimum absolute atomic E-state index is 0.0526. The minimum Gasteiger partial charge on any atom is -0.383 e. The number of para-hydroxylation sites is 1. The summed E-state index contributed by atoms with van der Waals surface area (Å²) in [5.74, 6) is -0.443. The number of ketones is 1.